The number of nitrogens with one attached hydrogen (secondary N) is 2. The highest BCUT2D eigenvalue weighted by atomic mass is 16.3. The molecule has 0 amide bonds. The molecule has 2 rings (SSSR count). The van der Waals surface area contributed by atoms with Crippen LogP contribution in [0.5, 0.6) is 5.75 Å². The van der Waals surface area contributed by atoms with Crippen molar-refractivity contribution in [1.82, 2.24) is 15.5 Å². The van der Waals surface area contributed by atoms with Gasteiger partial charge in [-0.2, -0.15) is 5.10 Å². The van der Waals surface area contributed by atoms with Crippen LogP contribution >= 0.6 is 0 Å². The van der Waals surface area contributed by atoms with Crippen LogP contribution in [0.15, 0.2) is 30.3 Å². The predicted octanol–water partition coefficient (Wildman–Crippen LogP) is 1.50. The molecule has 0 unspecified atom stereocenters. The highest BCUT2D eigenvalue weighted by Crippen LogP contribution is 2.20. The van der Waals surface area contributed by atoms with Gasteiger partial charge in [-0.05, 0) is 37.4 Å². The van der Waals surface area contributed by atoms with Crippen molar-refractivity contribution in [2.24, 2.45) is 0 Å². The number of nitrogens with zero attached hydrogens (tertiary/aromatic N) is 1. The van der Waals surface area contributed by atoms with Gasteiger partial charge in [0.05, 0.1) is 5.69 Å². The van der Waals surface area contributed by atoms with Gasteiger partial charge in [-0.1, -0.05) is 0 Å². The van der Waals surface area contributed by atoms with Gasteiger partial charge in [0.1, 0.15) is 5.75 Å². The standard InChI is InChI=1S/C11H13N3O/c1-12-7-9-6-11(14-13-9)8-2-4-10(15)5-3-8/h2-6,12,15H,7H2,1H3,(H,13,14). The van der Waals surface area contributed by atoms with Gasteiger partial charge in [-0.15, -0.1) is 0 Å². The number of phenolic OH excluding ortho intramolecular Hbond substituents is 1. The third-order valence-corrected chi connectivity index (χ3v) is 2.16. The van der Waals surface area contributed by atoms with Crippen molar-refractivity contribution >= 4 is 0 Å². The van der Waals surface area contributed by atoms with Crippen LogP contribution in [0.2, 0.25) is 0 Å². The molecule has 78 valence electrons. The summed E-state index contributed by atoms with van der Waals surface area (Å²) in [5.41, 5.74) is 2.92. The molecule has 0 aliphatic rings. The highest BCUT2D eigenvalue weighted by Gasteiger charge is 2.02. The van der Waals surface area contributed by atoms with Gasteiger partial charge in [-0.25, -0.2) is 0 Å². The van der Waals surface area contributed by atoms with E-state index in [0.29, 0.717) is 0 Å². The molecule has 3 N–H and O–H groups in total. The van der Waals surface area contributed by atoms with Gasteiger partial charge in [0, 0.05) is 17.8 Å². The van der Waals surface area contributed by atoms with Crippen LogP contribution < -0.4 is 5.32 Å². The summed E-state index contributed by atoms with van der Waals surface area (Å²) < 4.78 is 0. The Hall–Kier alpha value is -1.81. The topological polar surface area (TPSA) is 60.9 Å². The summed E-state index contributed by atoms with van der Waals surface area (Å²) in [6.07, 6.45) is 0. The average molecular weight is 203 g/mol. The fraction of sp³-hybridized carbons (Fsp3) is 0.182. The van der Waals surface area contributed by atoms with E-state index in [2.05, 4.69) is 15.5 Å². The Morgan fingerprint density at radius 1 is 1.33 bits per heavy atom. The average Bonchev–Trinajstić information content (AvgIpc) is 2.68. The maximum Gasteiger partial charge on any atom is 0.115 e. The van der Waals surface area contributed by atoms with E-state index in [4.69, 9.17) is 5.11 Å². The lowest BCUT2D eigenvalue weighted by molar-refractivity contribution is 0.475. The minimum Gasteiger partial charge on any atom is -0.508 e. The summed E-state index contributed by atoms with van der Waals surface area (Å²) >= 11 is 0. The van der Waals surface area contributed by atoms with E-state index in [1.807, 2.05) is 25.2 Å². The Balaban J connectivity index is 2.25. The first-order valence-corrected chi connectivity index (χ1v) is 4.78. The first-order chi connectivity index (χ1) is 7.29. The lowest BCUT2D eigenvalue weighted by atomic mass is 10.1. The highest BCUT2D eigenvalue weighted by molar-refractivity contribution is 5.60. The van der Waals surface area contributed by atoms with Crippen LogP contribution in [0, 0.1) is 0 Å². The zero-order valence-electron chi connectivity index (χ0n) is 8.49. The van der Waals surface area contributed by atoms with Crippen molar-refractivity contribution in [3.63, 3.8) is 0 Å². The van der Waals surface area contributed by atoms with Crippen molar-refractivity contribution in [3.05, 3.63) is 36.0 Å². The number of hydrogen-bond donors (Lipinski definition) is 3. The Labute approximate surface area is 88.0 Å². The van der Waals surface area contributed by atoms with Crippen LogP contribution in [-0.4, -0.2) is 22.4 Å². The molecular weight excluding hydrogens is 190 g/mol. The van der Waals surface area contributed by atoms with E-state index in [1.165, 1.54) is 0 Å². The minimum atomic E-state index is 0.268. The Kier molecular flexibility index (Phi) is 2.69. The molecule has 0 aliphatic carbocycles. The molecule has 1 aromatic heterocycles. The summed E-state index contributed by atoms with van der Waals surface area (Å²) in [5, 5.41) is 19.3. The summed E-state index contributed by atoms with van der Waals surface area (Å²) in [4.78, 5) is 0. The van der Waals surface area contributed by atoms with Gasteiger partial charge in [0.2, 0.25) is 0 Å². The first-order valence-electron chi connectivity index (χ1n) is 4.78. The number of aromatic hydroxyl groups is 1. The molecule has 0 atom stereocenters. The number of hydrogen-bond acceptors (Lipinski definition) is 3. The molecule has 1 aromatic carbocycles. The molecule has 0 saturated carbocycles. The molecule has 0 bridgehead atoms. The van der Waals surface area contributed by atoms with E-state index in [-0.39, 0.29) is 5.75 Å². The second kappa shape index (κ2) is 4.14. The molecule has 4 heteroatoms. The minimum absolute atomic E-state index is 0.268. The van der Waals surface area contributed by atoms with E-state index in [9.17, 15) is 0 Å². The maximum absolute atomic E-state index is 9.15. The molecule has 0 fully saturated rings. The normalized spacial score (nSPS) is 10.5. The third kappa shape index (κ3) is 2.16. The van der Waals surface area contributed by atoms with Gasteiger partial charge in [-0.3, -0.25) is 5.10 Å². The Bertz CT molecular complexity index is 433. The number of H-pyrrole nitrogens is 1. The van der Waals surface area contributed by atoms with Gasteiger partial charge < -0.3 is 10.4 Å². The fourth-order valence-electron chi connectivity index (χ4n) is 1.42. The summed E-state index contributed by atoms with van der Waals surface area (Å²) in [5.74, 6) is 0.268. The van der Waals surface area contributed by atoms with Crippen molar-refractivity contribution in [3.8, 4) is 17.0 Å². The van der Waals surface area contributed by atoms with Crippen LogP contribution in [0.4, 0.5) is 0 Å². The lowest BCUT2D eigenvalue weighted by Crippen LogP contribution is -2.04. The second-order valence-corrected chi connectivity index (χ2v) is 3.36. The smallest absolute Gasteiger partial charge is 0.115 e. The number of rotatable bonds is 3. The predicted molar refractivity (Wildman–Crippen MR) is 58.5 cm³/mol. The van der Waals surface area contributed by atoms with E-state index in [1.54, 1.807) is 12.1 Å². The van der Waals surface area contributed by atoms with Crippen LogP contribution in [0.25, 0.3) is 11.3 Å². The largest absolute Gasteiger partial charge is 0.508 e. The van der Waals surface area contributed by atoms with Crippen LogP contribution in [0.1, 0.15) is 5.69 Å². The fourth-order valence-corrected chi connectivity index (χ4v) is 1.42. The van der Waals surface area contributed by atoms with Crippen molar-refractivity contribution in [2.45, 2.75) is 6.54 Å². The monoisotopic (exact) mass is 203 g/mol. The van der Waals surface area contributed by atoms with Gasteiger partial charge in [0.25, 0.3) is 0 Å². The van der Waals surface area contributed by atoms with E-state index in [0.717, 1.165) is 23.5 Å². The van der Waals surface area contributed by atoms with Crippen LogP contribution in [0.3, 0.4) is 0 Å². The van der Waals surface area contributed by atoms with E-state index >= 15 is 0 Å². The van der Waals surface area contributed by atoms with Crippen molar-refractivity contribution < 1.29 is 5.11 Å². The second-order valence-electron chi connectivity index (χ2n) is 3.36. The first kappa shape index (κ1) is 9.73. The summed E-state index contributed by atoms with van der Waals surface area (Å²) in [6, 6.07) is 8.98. The molecule has 15 heavy (non-hydrogen) atoms. The molecule has 1 heterocycles. The number of aromatic amines is 1. The summed E-state index contributed by atoms with van der Waals surface area (Å²) in [6.45, 7) is 0.769. The molecule has 0 aliphatic heterocycles. The quantitative estimate of drug-likeness (QED) is 0.708. The SMILES string of the molecule is CNCc1cc(-c2ccc(O)cc2)n[nH]1. The molecule has 0 saturated heterocycles. The number of benzene rings is 1. The number of phenols is 1. The van der Waals surface area contributed by atoms with Gasteiger partial charge >= 0.3 is 0 Å². The summed E-state index contributed by atoms with van der Waals surface area (Å²) in [7, 11) is 1.89. The van der Waals surface area contributed by atoms with Crippen LogP contribution in [-0.2, 0) is 6.54 Å². The lowest BCUT2D eigenvalue weighted by Gasteiger charge is -1.95. The van der Waals surface area contributed by atoms with Crippen molar-refractivity contribution in [2.75, 3.05) is 7.05 Å². The van der Waals surface area contributed by atoms with E-state index < -0.39 is 0 Å². The van der Waals surface area contributed by atoms with Crippen molar-refractivity contribution in [1.29, 1.82) is 0 Å². The number of aromatic nitrogens is 2. The molecule has 0 spiro atoms. The zero-order valence-corrected chi connectivity index (χ0v) is 8.49. The Morgan fingerprint density at radius 3 is 2.73 bits per heavy atom. The third-order valence-electron chi connectivity index (χ3n) is 2.16. The zero-order chi connectivity index (χ0) is 10.7. The molecular formula is C11H13N3O. The Morgan fingerprint density at radius 2 is 2.07 bits per heavy atom. The molecule has 2 aromatic rings. The van der Waals surface area contributed by atoms with Gasteiger partial charge in [0.15, 0.2) is 0 Å². The molecule has 4 nitrogen and oxygen atoms in total. The maximum atomic E-state index is 9.15. The molecule has 0 radical (unpaired) electrons.